The second-order valence-corrected chi connectivity index (χ2v) is 6.06. The van der Waals surface area contributed by atoms with Crippen LogP contribution in [0.2, 0.25) is 5.02 Å². The van der Waals surface area contributed by atoms with E-state index < -0.39 is 0 Å². The van der Waals surface area contributed by atoms with E-state index in [0.717, 1.165) is 29.2 Å². The van der Waals surface area contributed by atoms with E-state index in [1.165, 1.54) is 0 Å². The summed E-state index contributed by atoms with van der Waals surface area (Å²) in [5.41, 5.74) is 1.09. The van der Waals surface area contributed by atoms with Gasteiger partial charge in [-0.05, 0) is 31.4 Å². The quantitative estimate of drug-likeness (QED) is 0.889. The molecule has 0 unspecified atom stereocenters. The number of thioether (sulfide) groups is 1. The van der Waals surface area contributed by atoms with Crippen LogP contribution in [0.25, 0.3) is 0 Å². The molecular weight excluding hydrogens is 254 g/mol. The van der Waals surface area contributed by atoms with Gasteiger partial charge in [0.1, 0.15) is 0 Å². The first kappa shape index (κ1) is 12.8. The summed E-state index contributed by atoms with van der Waals surface area (Å²) in [7, 11) is 0. The van der Waals surface area contributed by atoms with Gasteiger partial charge in [-0.1, -0.05) is 29.8 Å². The summed E-state index contributed by atoms with van der Waals surface area (Å²) in [5.74, 6) is 0.920. The lowest BCUT2D eigenvalue weighted by Gasteiger charge is -2.11. The first-order valence-electron chi connectivity index (χ1n) is 5.82. The minimum Gasteiger partial charge on any atom is -0.352 e. The first-order chi connectivity index (χ1) is 8.16. The second kappa shape index (κ2) is 5.78. The number of carbonyl (C=O) groups is 1. The van der Waals surface area contributed by atoms with Gasteiger partial charge >= 0.3 is 0 Å². The van der Waals surface area contributed by atoms with Gasteiger partial charge in [-0.25, -0.2) is 0 Å². The number of benzene rings is 1. The highest BCUT2D eigenvalue weighted by Crippen LogP contribution is 2.25. The Morgan fingerprint density at radius 2 is 2.24 bits per heavy atom. The number of halogens is 1. The molecule has 0 aromatic heterocycles. The molecule has 0 bridgehead atoms. The molecule has 92 valence electrons. The third-order valence-electron chi connectivity index (χ3n) is 2.74. The minimum absolute atomic E-state index is 0.0214. The van der Waals surface area contributed by atoms with E-state index in [0.29, 0.717) is 6.04 Å². The molecule has 4 heteroatoms. The molecule has 1 aromatic carbocycles. The Balaban J connectivity index is 1.80. The largest absolute Gasteiger partial charge is 0.352 e. The van der Waals surface area contributed by atoms with Gasteiger partial charge in [0.05, 0.1) is 5.25 Å². The van der Waals surface area contributed by atoms with Crippen molar-refractivity contribution in [2.75, 3.05) is 0 Å². The smallest absolute Gasteiger partial charge is 0.233 e. The van der Waals surface area contributed by atoms with Gasteiger partial charge in [0.25, 0.3) is 0 Å². The van der Waals surface area contributed by atoms with E-state index >= 15 is 0 Å². The van der Waals surface area contributed by atoms with Gasteiger partial charge < -0.3 is 5.32 Å². The molecule has 1 atom stereocenters. The van der Waals surface area contributed by atoms with Crippen LogP contribution in [0.3, 0.4) is 0 Å². The average molecular weight is 270 g/mol. The summed E-state index contributed by atoms with van der Waals surface area (Å²) < 4.78 is 0. The summed E-state index contributed by atoms with van der Waals surface area (Å²) in [4.78, 5) is 11.7. The van der Waals surface area contributed by atoms with Gasteiger partial charge in [-0.15, -0.1) is 11.8 Å². The summed E-state index contributed by atoms with van der Waals surface area (Å²) in [6, 6.07) is 8.20. The first-order valence-corrected chi connectivity index (χ1v) is 7.25. The zero-order valence-corrected chi connectivity index (χ0v) is 11.4. The van der Waals surface area contributed by atoms with E-state index in [2.05, 4.69) is 5.32 Å². The fourth-order valence-corrected chi connectivity index (χ4v) is 2.63. The molecule has 0 radical (unpaired) electrons. The number of hydrogen-bond donors (Lipinski definition) is 1. The van der Waals surface area contributed by atoms with Gasteiger partial charge in [0.2, 0.25) is 5.91 Å². The summed E-state index contributed by atoms with van der Waals surface area (Å²) in [6.07, 6.45) is 2.27. The zero-order chi connectivity index (χ0) is 12.3. The van der Waals surface area contributed by atoms with Crippen molar-refractivity contribution >= 4 is 29.3 Å². The van der Waals surface area contributed by atoms with Crippen molar-refractivity contribution < 1.29 is 4.79 Å². The topological polar surface area (TPSA) is 29.1 Å². The Bertz CT molecular complexity index is 406. The molecule has 0 saturated heterocycles. The molecule has 0 aliphatic heterocycles. The van der Waals surface area contributed by atoms with Crippen LogP contribution in [0.4, 0.5) is 0 Å². The van der Waals surface area contributed by atoms with E-state index in [4.69, 9.17) is 11.6 Å². The highest BCUT2D eigenvalue weighted by molar-refractivity contribution is 7.99. The molecule has 0 spiro atoms. The molecule has 2 nitrogen and oxygen atoms in total. The molecule has 1 aromatic rings. The van der Waals surface area contributed by atoms with Crippen LogP contribution < -0.4 is 5.32 Å². The number of amides is 1. The number of rotatable bonds is 5. The van der Waals surface area contributed by atoms with E-state index in [1.807, 2.05) is 31.2 Å². The SMILES string of the molecule is C[C@H](SCc1ccccc1Cl)C(=O)NC1CC1. The highest BCUT2D eigenvalue weighted by Gasteiger charge is 2.25. The van der Waals surface area contributed by atoms with Gasteiger partial charge in [0, 0.05) is 16.8 Å². The lowest BCUT2D eigenvalue weighted by molar-refractivity contribution is -0.120. The fraction of sp³-hybridized carbons (Fsp3) is 0.462. The van der Waals surface area contributed by atoms with E-state index in [-0.39, 0.29) is 11.2 Å². The maximum absolute atomic E-state index is 11.7. The van der Waals surface area contributed by atoms with Crippen LogP contribution in [-0.4, -0.2) is 17.2 Å². The standard InChI is InChI=1S/C13H16ClNOS/c1-9(13(16)15-11-6-7-11)17-8-10-4-2-3-5-12(10)14/h2-5,9,11H,6-8H2,1H3,(H,15,16)/t9-/m0/s1. The number of carbonyl (C=O) groups excluding carboxylic acids is 1. The summed E-state index contributed by atoms with van der Waals surface area (Å²) in [5, 5.41) is 3.76. The third kappa shape index (κ3) is 3.93. The molecule has 1 N–H and O–H groups in total. The summed E-state index contributed by atoms with van der Waals surface area (Å²) >= 11 is 7.69. The van der Waals surface area contributed by atoms with Crippen LogP contribution >= 0.6 is 23.4 Å². The molecule has 1 amide bonds. The molecule has 1 aliphatic rings. The van der Waals surface area contributed by atoms with Crippen molar-refractivity contribution in [1.82, 2.24) is 5.32 Å². The van der Waals surface area contributed by atoms with Crippen LogP contribution in [0.1, 0.15) is 25.3 Å². The minimum atomic E-state index is -0.0214. The Kier molecular flexibility index (Phi) is 4.35. The molecule has 1 fully saturated rings. The molecule has 2 rings (SSSR count). The molecule has 1 saturated carbocycles. The maximum atomic E-state index is 11.7. The third-order valence-corrected chi connectivity index (χ3v) is 4.30. The monoisotopic (exact) mass is 269 g/mol. The maximum Gasteiger partial charge on any atom is 0.233 e. The van der Waals surface area contributed by atoms with Crippen molar-refractivity contribution in [3.05, 3.63) is 34.9 Å². The van der Waals surface area contributed by atoms with Crippen LogP contribution in [0.5, 0.6) is 0 Å². The Labute approximate surface area is 111 Å². The van der Waals surface area contributed by atoms with Crippen molar-refractivity contribution in [3.63, 3.8) is 0 Å². The Hall–Kier alpha value is -0.670. The predicted molar refractivity (Wildman–Crippen MR) is 73.4 cm³/mol. The van der Waals surface area contributed by atoms with Crippen molar-refractivity contribution in [2.45, 2.75) is 36.8 Å². The molecule has 1 aliphatic carbocycles. The van der Waals surface area contributed by atoms with Crippen LogP contribution in [0, 0.1) is 0 Å². The van der Waals surface area contributed by atoms with Crippen LogP contribution in [-0.2, 0) is 10.5 Å². The van der Waals surface area contributed by atoms with Crippen molar-refractivity contribution in [2.24, 2.45) is 0 Å². The van der Waals surface area contributed by atoms with Crippen molar-refractivity contribution in [3.8, 4) is 0 Å². The lowest BCUT2D eigenvalue weighted by Crippen LogP contribution is -2.32. The van der Waals surface area contributed by atoms with Crippen LogP contribution in [0.15, 0.2) is 24.3 Å². The number of hydrogen-bond acceptors (Lipinski definition) is 2. The van der Waals surface area contributed by atoms with E-state index in [1.54, 1.807) is 11.8 Å². The Morgan fingerprint density at radius 3 is 2.88 bits per heavy atom. The summed E-state index contributed by atoms with van der Waals surface area (Å²) in [6.45, 7) is 1.94. The van der Waals surface area contributed by atoms with Gasteiger partial charge in [-0.3, -0.25) is 4.79 Å². The van der Waals surface area contributed by atoms with Crippen molar-refractivity contribution in [1.29, 1.82) is 0 Å². The zero-order valence-electron chi connectivity index (χ0n) is 9.78. The van der Waals surface area contributed by atoms with Gasteiger partial charge in [0.15, 0.2) is 0 Å². The highest BCUT2D eigenvalue weighted by atomic mass is 35.5. The molecule has 17 heavy (non-hydrogen) atoms. The average Bonchev–Trinajstić information content (AvgIpc) is 3.11. The van der Waals surface area contributed by atoms with E-state index in [9.17, 15) is 4.79 Å². The predicted octanol–water partition coefficient (Wildman–Crippen LogP) is 3.24. The molecule has 0 heterocycles. The number of nitrogens with one attached hydrogen (secondary N) is 1. The molecular formula is C13H16ClNOS. The Morgan fingerprint density at radius 1 is 1.53 bits per heavy atom. The lowest BCUT2D eigenvalue weighted by atomic mass is 10.2. The normalized spacial score (nSPS) is 16.6. The fourth-order valence-electron chi connectivity index (χ4n) is 1.45. The van der Waals surface area contributed by atoms with Gasteiger partial charge in [-0.2, -0.15) is 0 Å². The second-order valence-electron chi connectivity index (χ2n) is 4.33.